The maximum atomic E-state index is 11.6. The van der Waals surface area contributed by atoms with Crippen LogP contribution in [0, 0.1) is 5.92 Å². The summed E-state index contributed by atoms with van der Waals surface area (Å²) in [5.41, 5.74) is 8.32. The van der Waals surface area contributed by atoms with Crippen LogP contribution in [0.15, 0.2) is 5.11 Å². The monoisotopic (exact) mass is 270 g/mol. The van der Waals surface area contributed by atoms with Gasteiger partial charge in [-0.05, 0) is 38.4 Å². The molecular formula is C12H22N4O3. The molecule has 7 nitrogen and oxygen atoms in total. The smallest absolute Gasteiger partial charge is 0.309 e. The van der Waals surface area contributed by atoms with Gasteiger partial charge in [0.05, 0.1) is 24.7 Å². The summed E-state index contributed by atoms with van der Waals surface area (Å²) in [6, 6.07) is -0.437. The number of azide groups is 1. The second-order valence-electron chi connectivity index (χ2n) is 4.84. The van der Waals surface area contributed by atoms with Gasteiger partial charge in [0.15, 0.2) is 0 Å². The van der Waals surface area contributed by atoms with E-state index in [2.05, 4.69) is 14.9 Å². The predicted octanol–water partition coefficient (Wildman–Crippen LogP) is 1.32. The lowest BCUT2D eigenvalue weighted by Gasteiger charge is -2.32. The number of aliphatic hydroxyl groups excluding tert-OH is 1. The van der Waals surface area contributed by atoms with E-state index in [0.717, 1.165) is 25.9 Å². The maximum absolute atomic E-state index is 11.6. The molecule has 0 aromatic heterocycles. The molecule has 7 heteroatoms. The van der Waals surface area contributed by atoms with Crippen molar-refractivity contribution in [2.75, 3.05) is 26.2 Å². The Balaban J connectivity index is 2.34. The lowest BCUT2D eigenvalue weighted by molar-refractivity contribution is -0.149. The Labute approximate surface area is 113 Å². The van der Waals surface area contributed by atoms with Crippen LogP contribution in [0.25, 0.3) is 10.4 Å². The van der Waals surface area contributed by atoms with Crippen molar-refractivity contribution >= 4 is 5.97 Å². The second kappa shape index (κ2) is 7.99. The van der Waals surface area contributed by atoms with E-state index in [1.165, 1.54) is 0 Å². The zero-order valence-electron chi connectivity index (χ0n) is 11.5. The van der Waals surface area contributed by atoms with Gasteiger partial charge in [-0.15, -0.1) is 0 Å². The first-order chi connectivity index (χ1) is 9.08. The van der Waals surface area contributed by atoms with Crippen LogP contribution in [-0.2, 0) is 9.53 Å². The Bertz CT molecular complexity index is 336. The van der Waals surface area contributed by atoms with E-state index in [-0.39, 0.29) is 11.9 Å². The number of β-amino-alcohol motifs (C(OH)–C–C–N with tert-alkyl or cyclic N) is 1. The SMILES string of the molecule is CCOC(=O)C1CCN(CC(O)C(C)N=[N+]=[N-])CC1. The van der Waals surface area contributed by atoms with Gasteiger partial charge in [0, 0.05) is 11.5 Å². The number of hydrogen-bond donors (Lipinski definition) is 1. The molecule has 2 atom stereocenters. The Morgan fingerprint density at radius 3 is 2.74 bits per heavy atom. The van der Waals surface area contributed by atoms with E-state index in [1.54, 1.807) is 13.8 Å². The summed E-state index contributed by atoms with van der Waals surface area (Å²) in [7, 11) is 0. The first-order valence-electron chi connectivity index (χ1n) is 6.69. The Morgan fingerprint density at radius 1 is 1.58 bits per heavy atom. The van der Waals surface area contributed by atoms with Gasteiger partial charge in [0.1, 0.15) is 0 Å². The van der Waals surface area contributed by atoms with Crippen LogP contribution in [0.4, 0.5) is 0 Å². The standard InChI is InChI=1S/C12H22N4O3/c1-3-19-12(18)10-4-6-16(7-5-10)8-11(17)9(2)14-15-13/h9-11,17H,3-8H2,1-2H3. The summed E-state index contributed by atoms with van der Waals surface area (Å²) in [5, 5.41) is 13.3. The third-order valence-corrected chi connectivity index (χ3v) is 3.44. The number of ether oxygens (including phenoxy) is 1. The summed E-state index contributed by atoms with van der Waals surface area (Å²) >= 11 is 0. The molecule has 0 aliphatic carbocycles. The second-order valence-corrected chi connectivity index (χ2v) is 4.84. The van der Waals surface area contributed by atoms with Crippen molar-refractivity contribution in [3.63, 3.8) is 0 Å². The van der Waals surface area contributed by atoms with Crippen molar-refractivity contribution in [2.45, 2.75) is 38.8 Å². The topological polar surface area (TPSA) is 98.5 Å². The zero-order valence-corrected chi connectivity index (χ0v) is 11.5. The van der Waals surface area contributed by atoms with Crippen LogP contribution in [-0.4, -0.2) is 54.4 Å². The number of likely N-dealkylation sites (tertiary alicyclic amines) is 1. The van der Waals surface area contributed by atoms with Crippen LogP contribution in [0.2, 0.25) is 0 Å². The Morgan fingerprint density at radius 2 is 2.21 bits per heavy atom. The fourth-order valence-corrected chi connectivity index (χ4v) is 2.19. The molecule has 108 valence electrons. The molecule has 1 fully saturated rings. The normalized spacial score (nSPS) is 20.4. The van der Waals surface area contributed by atoms with Gasteiger partial charge in [0.2, 0.25) is 0 Å². The lowest BCUT2D eigenvalue weighted by atomic mass is 9.96. The van der Waals surface area contributed by atoms with E-state index in [0.29, 0.717) is 13.2 Å². The summed E-state index contributed by atoms with van der Waals surface area (Å²) < 4.78 is 5.01. The largest absolute Gasteiger partial charge is 0.466 e. The molecule has 0 aromatic rings. The molecule has 1 saturated heterocycles. The van der Waals surface area contributed by atoms with E-state index >= 15 is 0 Å². The van der Waals surface area contributed by atoms with Gasteiger partial charge in [-0.25, -0.2) is 0 Å². The number of carbonyl (C=O) groups is 1. The lowest BCUT2D eigenvalue weighted by Crippen LogP contribution is -2.43. The van der Waals surface area contributed by atoms with E-state index in [4.69, 9.17) is 10.3 Å². The number of aliphatic hydroxyl groups is 1. The van der Waals surface area contributed by atoms with Crippen molar-refractivity contribution < 1.29 is 14.6 Å². The van der Waals surface area contributed by atoms with E-state index in [9.17, 15) is 9.90 Å². The van der Waals surface area contributed by atoms with Gasteiger partial charge >= 0.3 is 5.97 Å². The molecule has 1 aliphatic rings. The first-order valence-corrected chi connectivity index (χ1v) is 6.69. The van der Waals surface area contributed by atoms with Crippen molar-refractivity contribution in [3.05, 3.63) is 10.4 Å². The highest BCUT2D eigenvalue weighted by Gasteiger charge is 2.27. The van der Waals surface area contributed by atoms with Crippen molar-refractivity contribution in [2.24, 2.45) is 11.0 Å². The number of nitrogens with zero attached hydrogens (tertiary/aromatic N) is 4. The number of hydrogen-bond acceptors (Lipinski definition) is 5. The van der Waals surface area contributed by atoms with Gasteiger partial charge in [-0.2, -0.15) is 0 Å². The Hall–Kier alpha value is -1.30. The van der Waals surface area contributed by atoms with Crippen LogP contribution in [0.1, 0.15) is 26.7 Å². The number of carbonyl (C=O) groups excluding carboxylic acids is 1. The summed E-state index contributed by atoms with van der Waals surface area (Å²) in [6.45, 7) is 5.89. The van der Waals surface area contributed by atoms with Crippen LogP contribution >= 0.6 is 0 Å². The van der Waals surface area contributed by atoms with Crippen LogP contribution < -0.4 is 0 Å². The molecule has 1 rings (SSSR count). The third kappa shape index (κ3) is 5.06. The summed E-state index contributed by atoms with van der Waals surface area (Å²) in [5.74, 6) is -0.145. The molecule has 1 N–H and O–H groups in total. The highest BCUT2D eigenvalue weighted by atomic mass is 16.5. The van der Waals surface area contributed by atoms with E-state index in [1.807, 2.05) is 0 Å². The number of esters is 1. The van der Waals surface area contributed by atoms with Crippen molar-refractivity contribution in [1.29, 1.82) is 0 Å². The predicted molar refractivity (Wildman–Crippen MR) is 70.4 cm³/mol. The van der Waals surface area contributed by atoms with Crippen LogP contribution in [0.3, 0.4) is 0 Å². The quantitative estimate of drug-likeness (QED) is 0.340. The zero-order chi connectivity index (χ0) is 14.3. The molecule has 19 heavy (non-hydrogen) atoms. The highest BCUT2D eigenvalue weighted by molar-refractivity contribution is 5.72. The molecule has 0 bridgehead atoms. The molecular weight excluding hydrogens is 248 g/mol. The highest BCUT2D eigenvalue weighted by Crippen LogP contribution is 2.19. The first kappa shape index (κ1) is 15.8. The van der Waals surface area contributed by atoms with Gasteiger partial charge < -0.3 is 14.7 Å². The molecule has 0 amide bonds. The van der Waals surface area contributed by atoms with Gasteiger partial charge in [-0.3, -0.25) is 4.79 Å². The molecule has 0 aromatic carbocycles. The number of piperidine rings is 1. The molecule has 1 heterocycles. The van der Waals surface area contributed by atoms with E-state index < -0.39 is 12.1 Å². The van der Waals surface area contributed by atoms with Crippen molar-refractivity contribution in [1.82, 2.24) is 4.90 Å². The average Bonchev–Trinajstić information content (AvgIpc) is 2.40. The number of rotatable bonds is 6. The molecule has 0 saturated carbocycles. The van der Waals surface area contributed by atoms with Crippen molar-refractivity contribution in [3.8, 4) is 0 Å². The Kier molecular flexibility index (Phi) is 6.62. The third-order valence-electron chi connectivity index (χ3n) is 3.44. The minimum Gasteiger partial charge on any atom is -0.466 e. The van der Waals surface area contributed by atoms with Gasteiger partial charge in [0.25, 0.3) is 0 Å². The van der Waals surface area contributed by atoms with Gasteiger partial charge in [-0.1, -0.05) is 12.0 Å². The summed E-state index contributed by atoms with van der Waals surface area (Å²) in [4.78, 5) is 16.4. The summed E-state index contributed by atoms with van der Waals surface area (Å²) in [6.07, 6.45) is 0.832. The molecule has 0 spiro atoms. The molecule has 0 radical (unpaired) electrons. The fraction of sp³-hybridized carbons (Fsp3) is 0.917. The minimum absolute atomic E-state index is 0.0251. The molecule has 2 unspecified atom stereocenters. The average molecular weight is 270 g/mol. The maximum Gasteiger partial charge on any atom is 0.309 e. The van der Waals surface area contributed by atoms with Crippen LogP contribution in [0.5, 0.6) is 0 Å². The fourth-order valence-electron chi connectivity index (χ4n) is 2.19. The molecule has 1 aliphatic heterocycles. The minimum atomic E-state index is -0.671.